The van der Waals surface area contributed by atoms with Crippen molar-refractivity contribution in [3.05, 3.63) is 33.8 Å². The van der Waals surface area contributed by atoms with Crippen LogP contribution in [-0.4, -0.2) is 34.5 Å². The smallest absolute Gasteiger partial charge is 0.326 e. The molecule has 0 bridgehead atoms. The molecule has 3 rings (SSSR count). The summed E-state index contributed by atoms with van der Waals surface area (Å²) in [6, 6.07) is 4.62. The summed E-state index contributed by atoms with van der Waals surface area (Å²) in [6.07, 6.45) is 2.02. The lowest BCUT2D eigenvalue weighted by Gasteiger charge is -2.21. The first kappa shape index (κ1) is 14.7. The number of benzene rings is 1. The molecule has 112 valence electrons. The molecule has 1 saturated heterocycles. The summed E-state index contributed by atoms with van der Waals surface area (Å²) in [4.78, 5) is 25.2. The Balaban J connectivity index is 1.72. The number of carbonyl (C=O) groups excluding carboxylic acids is 1. The molecule has 3 atom stereocenters. The average molecular weight is 328 g/mol. The molecule has 0 aromatic heterocycles. The van der Waals surface area contributed by atoms with Gasteiger partial charge in [-0.25, -0.2) is 4.79 Å². The zero-order valence-corrected chi connectivity index (χ0v) is 12.8. The summed E-state index contributed by atoms with van der Waals surface area (Å²) in [6.45, 7) is 0.535. The van der Waals surface area contributed by atoms with Gasteiger partial charge in [-0.3, -0.25) is 4.79 Å². The van der Waals surface area contributed by atoms with Gasteiger partial charge in [0.1, 0.15) is 6.04 Å². The Kier molecular flexibility index (Phi) is 3.84. The van der Waals surface area contributed by atoms with Crippen molar-refractivity contribution < 1.29 is 14.7 Å². The van der Waals surface area contributed by atoms with E-state index in [9.17, 15) is 9.59 Å². The molecule has 2 aliphatic rings. The third-order valence-electron chi connectivity index (χ3n) is 4.29. The third kappa shape index (κ3) is 2.74. The quantitative estimate of drug-likeness (QED) is 0.927. The molecular weight excluding hydrogens is 313 g/mol. The van der Waals surface area contributed by atoms with Crippen LogP contribution in [0.15, 0.2) is 18.2 Å². The first-order valence-electron chi connectivity index (χ1n) is 6.97. The number of aliphatic carboxylic acids is 1. The number of amides is 1. The molecule has 1 heterocycles. The Morgan fingerprint density at radius 2 is 2.05 bits per heavy atom. The van der Waals surface area contributed by atoms with Gasteiger partial charge in [0.15, 0.2) is 0 Å². The van der Waals surface area contributed by atoms with E-state index < -0.39 is 12.0 Å². The highest BCUT2D eigenvalue weighted by atomic mass is 35.5. The minimum Gasteiger partial charge on any atom is -0.480 e. The lowest BCUT2D eigenvalue weighted by atomic mass is 10.1. The normalized spacial score (nSPS) is 27.7. The molecule has 6 heteroatoms. The molecule has 1 aliphatic carbocycles. The van der Waals surface area contributed by atoms with E-state index in [2.05, 4.69) is 0 Å². The van der Waals surface area contributed by atoms with Gasteiger partial charge in [0, 0.05) is 22.5 Å². The lowest BCUT2D eigenvalue weighted by molar-refractivity contribution is -0.148. The molecule has 1 N–H and O–H groups in total. The SMILES string of the molecule is O=C(O)C1CCCN1C(=O)C1CC1c1ccc(Cl)cc1Cl. The van der Waals surface area contributed by atoms with E-state index in [0.717, 1.165) is 18.4 Å². The molecule has 0 radical (unpaired) electrons. The van der Waals surface area contributed by atoms with Crippen LogP contribution in [0, 0.1) is 5.92 Å². The van der Waals surface area contributed by atoms with Gasteiger partial charge in [0.25, 0.3) is 0 Å². The topological polar surface area (TPSA) is 57.6 Å². The second kappa shape index (κ2) is 5.50. The Hall–Kier alpha value is -1.26. The molecule has 0 spiro atoms. The maximum atomic E-state index is 12.5. The van der Waals surface area contributed by atoms with Crippen molar-refractivity contribution in [2.45, 2.75) is 31.2 Å². The zero-order valence-electron chi connectivity index (χ0n) is 11.3. The zero-order chi connectivity index (χ0) is 15.1. The molecule has 1 aromatic carbocycles. The van der Waals surface area contributed by atoms with E-state index in [4.69, 9.17) is 28.3 Å². The number of carboxylic acids is 1. The van der Waals surface area contributed by atoms with Crippen molar-refractivity contribution in [3.8, 4) is 0 Å². The number of rotatable bonds is 3. The Bertz CT molecular complexity index is 605. The summed E-state index contributed by atoms with van der Waals surface area (Å²) in [5.74, 6) is -1.04. The number of halogens is 2. The number of carbonyl (C=O) groups is 2. The van der Waals surface area contributed by atoms with Gasteiger partial charge in [-0.05, 0) is 42.9 Å². The van der Waals surface area contributed by atoms with Crippen LogP contribution >= 0.6 is 23.2 Å². The van der Waals surface area contributed by atoms with Crippen LogP contribution < -0.4 is 0 Å². The number of likely N-dealkylation sites (tertiary alicyclic amines) is 1. The van der Waals surface area contributed by atoms with Gasteiger partial charge in [-0.1, -0.05) is 29.3 Å². The first-order valence-corrected chi connectivity index (χ1v) is 7.73. The lowest BCUT2D eigenvalue weighted by Crippen LogP contribution is -2.41. The third-order valence-corrected chi connectivity index (χ3v) is 4.85. The fraction of sp³-hybridized carbons (Fsp3) is 0.467. The second-order valence-electron chi connectivity index (χ2n) is 5.64. The summed E-state index contributed by atoms with van der Waals surface area (Å²) >= 11 is 12.0. The molecule has 2 fully saturated rings. The van der Waals surface area contributed by atoms with Gasteiger partial charge in [-0.2, -0.15) is 0 Å². The summed E-state index contributed by atoms with van der Waals surface area (Å²) in [7, 11) is 0. The maximum Gasteiger partial charge on any atom is 0.326 e. The van der Waals surface area contributed by atoms with E-state index in [-0.39, 0.29) is 17.7 Å². The molecule has 1 saturated carbocycles. The summed E-state index contributed by atoms with van der Waals surface area (Å²) < 4.78 is 0. The van der Waals surface area contributed by atoms with E-state index in [1.54, 1.807) is 12.1 Å². The first-order chi connectivity index (χ1) is 9.99. The number of nitrogens with zero attached hydrogens (tertiary/aromatic N) is 1. The summed E-state index contributed by atoms with van der Waals surface area (Å²) in [5, 5.41) is 10.3. The molecule has 1 aromatic rings. The molecule has 4 nitrogen and oxygen atoms in total. The predicted octanol–water partition coefficient (Wildman–Crippen LogP) is 3.17. The van der Waals surface area contributed by atoms with Crippen LogP contribution in [0.3, 0.4) is 0 Å². The van der Waals surface area contributed by atoms with Crippen molar-refractivity contribution in [2.75, 3.05) is 6.54 Å². The van der Waals surface area contributed by atoms with Crippen molar-refractivity contribution in [3.63, 3.8) is 0 Å². The highest BCUT2D eigenvalue weighted by Gasteiger charge is 2.49. The van der Waals surface area contributed by atoms with Crippen molar-refractivity contribution in [2.24, 2.45) is 5.92 Å². The van der Waals surface area contributed by atoms with E-state index in [0.29, 0.717) is 23.0 Å². The highest BCUT2D eigenvalue weighted by molar-refractivity contribution is 6.35. The average Bonchev–Trinajstić information content (AvgIpc) is 3.04. The number of hydrogen-bond acceptors (Lipinski definition) is 2. The number of hydrogen-bond donors (Lipinski definition) is 1. The molecule has 21 heavy (non-hydrogen) atoms. The Morgan fingerprint density at radius 1 is 1.29 bits per heavy atom. The minimum atomic E-state index is -0.914. The predicted molar refractivity (Wildman–Crippen MR) is 79.7 cm³/mol. The van der Waals surface area contributed by atoms with Crippen LogP contribution in [-0.2, 0) is 9.59 Å². The van der Waals surface area contributed by atoms with Crippen LogP contribution in [0.1, 0.15) is 30.7 Å². The second-order valence-corrected chi connectivity index (χ2v) is 6.49. The van der Waals surface area contributed by atoms with Crippen molar-refractivity contribution in [1.82, 2.24) is 4.90 Å². The molecule has 1 amide bonds. The fourth-order valence-electron chi connectivity index (χ4n) is 3.11. The standard InChI is InChI=1S/C15H15Cl2NO3/c16-8-3-4-9(12(17)6-8)10-7-11(10)14(19)18-5-1-2-13(18)15(20)21/h3-4,6,10-11,13H,1-2,5,7H2,(H,20,21). The van der Waals surface area contributed by atoms with Gasteiger partial charge in [-0.15, -0.1) is 0 Å². The molecule has 1 aliphatic heterocycles. The van der Waals surface area contributed by atoms with E-state index in [1.807, 2.05) is 6.07 Å². The van der Waals surface area contributed by atoms with Crippen LogP contribution in [0.5, 0.6) is 0 Å². The largest absolute Gasteiger partial charge is 0.480 e. The van der Waals surface area contributed by atoms with Gasteiger partial charge in [0.2, 0.25) is 5.91 Å². The Labute approximate surface area is 132 Å². The molecule has 3 unspecified atom stereocenters. The van der Waals surface area contributed by atoms with Gasteiger partial charge in [0.05, 0.1) is 0 Å². The van der Waals surface area contributed by atoms with Crippen molar-refractivity contribution in [1.29, 1.82) is 0 Å². The van der Waals surface area contributed by atoms with E-state index in [1.165, 1.54) is 4.90 Å². The Morgan fingerprint density at radius 3 is 2.71 bits per heavy atom. The van der Waals surface area contributed by atoms with E-state index >= 15 is 0 Å². The van der Waals surface area contributed by atoms with Gasteiger partial charge >= 0.3 is 5.97 Å². The van der Waals surface area contributed by atoms with Gasteiger partial charge < -0.3 is 10.0 Å². The van der Waals surface area contributed by atoms with Crippen LogP contribution in [0.25, 0.3) is 0 Å². The maximum absolute atomic E-state index is 12.5. The minimum absolute atomic E-state index is 0.0593. The van der Waals surface area contributed by atoms with Crippen molar-refractivity contribution >= 4 is 35.1 Å². The summed E-state index contributed by atoms with van der Waals surface area (Å²) in [5.41, 5.74) is 0.922. The number of carboxylic acid groups (broad SMARTS) is 1. The fourth-order valence-corrected chi connectivity index (χ4v) is 3.66. The molecular formula is C15H15Cl2NO3. The van der Waals surface area contributed by atoms with Crippen LogP contribution in [0.4, 0.5) is 0 Å². The monoisotopic (exact) mass is 327 g/mol. The van der Waals surface area contributed by atoms with Crippen LogP contribution in [0.2, 0.25) is 10.0 Å². The highest BCUT2D eigenvalue weighted by Crippen LogP contribution is 2.51.